The largest absolute Gasteiger partial charge is 0.481 e. The molecule has 0 unspecified atom stereocenters. The van der Waals surface area contributed by atoms with Gasteiger partial charge in [-0.1, -0.05) is 12.1 Å². The molecule has 1 N–H and O–H groups in total. The highest BCUT2D eigenvalue weighted by molar-refractivity contribution is 6.10. The van der Waals surface area contributed by atoms with E-state index in [1.165, 1.54) is 0 Å². The number of carboxylic acids is 1. The Morgan fingerprint density at radius 3 is 2.71 bits per heavy atom. The summed E-state index contributed by atoms with van der Waals surface area (Å²) in [5.41, 5.74) is 3.36. The molecule has 0 saturated carbocycles. The van der Waals surface area contributed by atoms with E-state index in [0.29, 0.717) is 29.4 Å². The Balaban J connectivity index is 1.34. The number of carboxylic acid groups (broad SMARTS) is 1. The number of hydrogen-bond acceptors (Lipinski definition) is 6. The molecule has 0 radical (unpaired) electrons. The number of rotatable bonds is 6. The maximum atomic E-state index is 13.3. The first kappa shape index (κ1) is 22.1. The number of piperidine rings is 1. The molecule has 4 heterocycles. The third-order valence-electron chi connectivity index (χ3n) is 6.71. The second-order valence-electron chi connectivity index (χ2n) is 9.30. The lowest BCUT2D eigenvalue weighted by Crippen LogP contribution is -2.34. The van der Waals surface area contributed by atoms with Crippen molar-refractivity contribution in [3.8, 4) is 11.5 Å². The van der Waals surface area contributed by atoms with Crippen LogP contribution >= 0.6 is 0 Å². The van der Waals surface area contributed by atoms with Crippen molar-refractivity contribution in [1.82, 2.24) is 19.7 Å². The van der Waals surface area contributed by atoms with Crippen molar-refractivity contribution in [2.45, 2.75) is 45.7 Å². The summed E-state index contributed by atoms with van der Waals surface area (Å²) in [6.07, 6.45) is 3.62. The zero-order chi connectivity index (χ0) is 23.8. The number of hydrogen-bond donors (Lipinski definition) is 1. The van der Waals surface area contributed by atoms with Crippen molar-refractivity contribution in [3.63, 3.8) is 0 Å². The SMILES string of the molecule is CC(C)n1cnnc1-c1cccc(N2Cc3ccc(N4CCC(CC(=O)O)CC4)cc3C2=O)n1. The van der Waals surface area contributed by atoms with Crippen LogP contribution < -0.4 is 9.80 Å². The molecule has 5 rings (SSSR count). The predicted molar refractivity (Wildman–Crippen MR) is 128 cm³/mol. The predicted octanol–water partition coefficient (Wildman–Crippen LogP) is 3.77. The molecule has 2 aliphatic heterocycles. The third kappa shape index (κ3) is 4.13. The van der Waals surface area contributed by atoms with E-state index < -0.39 is 5.97 Å². The zero-order valence-electron chi connectivity index (χ0n) is 19.4. The van der Waals surface area contributed by atoms with Crippen LogP contribution in [0.15, 0.2) is 42.7 Å². The fourth-order valence-electron chi connectivity index (χ4n) is 4.81. The van der Waals surface area contributed by atoms with Crippen molar-refractivity contribution in [2.24, 2.45) is 5.92 Å². The van der Waals surface area contributed by atoms with E-state index in [0.717, 1.165) is 37.2 Å². The Bertz CT molecular complexity index is 1230. The Morgan fingerprint density at radius 1 is 1.18 bits per heavy atom. The van der Waals surface area contributed by atoms with Crippen LogP contribution in [0.5, 0.6) is 0 Å². The number of fused-ring (bicyclic) bond motifs is 1. The summed E-state index contributed by atoms with van der Waals surface area (Å²) in [4.78, 5) is 33.0. The van der Waals surface area contributed by atoms with Gasteiger partial charge in [-0.3, -0.25) is 14.5 Å². The van der Waals surface area contributed by atoms with Crippen molar-refractivity contribution in [1.29, 1.82) is 0 Å². The van der Waals surface area contributed by atoms with Gasteiger partial charge in [-0.2, -0.15) is 0 Å². The van der Waals surface area contributed by atoms with Crippen molar-refractivity contribution < 1.29 is 14.7 Å². The van der Waals surface area contributed by atoms with Gasteiger partial charge in [-0.15, -0.1) is 10.2 Å². The number of aliphatic carboxylic acids is 1. The summed E-state index contributed by atoms with van der Waals surface area (Å²) in [5.74, 6) is 0.694. The highest BCUT2D eigenvalue weighted by Crippen LogP contribution is 2.33. The van der Waals surface area contributed by atoms with Crippen LogP contribution in [0.4, 0.5) is 11.5 Å². The Morgan fingerprint density at radius 2 is 1.97 bits per heavy atom. The van der Waals surface area contributed by atoms with E-state index in [9.17, 15) is 9.59 Å². The molecule has 2 aromatic heterocycles. The van der Waals surface area contributed by atoms with Gasteiger partial charge in [0.1, 0.15) is 17.8 Å². The maximum Gasteiger partial charge on any atom is 0.303 e. The number of benzene rings is 1. The summed E-state index contributed by atoms with van der Waals surface area (Å²) < 4.78 is 1.96. The molecule has 1 saturated heterocycles. The fourth-order valence-corrected chi connectivity index (χ4v) is 4.81. The summed E-state index contributed by atoms with van der Waals surface area (Å²) in [6, 6.07) is 11.9. The Hall–Kier alpha value is -3.75. The monoisotopic (exact) mass is 460 g/mol. The standard InChI is InChI=1S/C25H28N6O3/c1-16(2)31-15-26-28-24(31)21-4-3-5-22(27-21)30-14-18-6-7-19(13-20(18)25(30)34)29-10-8-17(9-11-29)12-23(32)33/h3-7,13,15-17H,8-12,14H2,1-2H3,(H,32,33). The van der Waals surface area contributed by atoms with Crippen LogP contribution in [-0.4, -0.2) is 49.8 Å². The molecule has 0 aliphatic carbocycles. The molecule has 176 valence electrons. The van der Waals surface area contributed by atoms with Crippen LogP contribution in [0.1, 0.15) is 55.1 Å². The molecule has 0 spiro atoms. The van der Waals surface area contributed by atoms with Crippen LogP contribution in [-0.2, 0) is 11.3 Å². The summed E-state index contributed by atoms with van der Waals surface area (Å²) in [6.45, 7) is 6.19. The topological polar surface area (TPSA) is 104 Å². The molecule has 0 atom stereocenters. The van der Waals surface area contributed by atoms with E-state index >= 15 is 0 Å². The summed E-state index contributed by atoms with van der Waals surface area (Å²) >= 11 is 0. The lowest BCUT2D eigenvalue weighted by molar-refractivity contribution is -0.138. The molecule has 2 aliphatic rings. The summed E-state index contributed by atoms with van der Waals surface area (Å²) in [5, 5.41) is 17.3. The molecule has 0 bridgehead atoms. The highest BCUT2D eigenvalue weighted by atomic mass is 16.4. The molecule has 34 heavy (non-hydrogen) atoms. The fraction of sp³-hybridized carbons (Fsp3) is 0.400. The van der Waals surface area contributed by atoms with Crippen LogP contribution in [0.25, 0.3) is 11.5 Å². The van der Waals surface area contributed by atoms with E-state index in [1.807, 2.05) is 34.9 Å². The zero-order valence-corrected chi connectivity index (χ0v) is 19.4. The van der Waals surface area contributed by atoms with Crippen molar-refractivity contribution in [3.05, 3.63) is 53.9 Å². The number of pyridine rings is 1. The van der Waals surface area contributed by atoms with Gasteiger partial charge in [0, 0.05) is 36.8 Å². The highest BCUT2D eigenvalue weighted by Gasteiger charge is 2.31. The molecular weight excluding hydrogens is 432 g/mol. The second kappa shape index (κ2) is 8.89. The van der Waals surface area contributed by atoms with Gasteiger partial charge in [0.2, 0.25) is 0 Å². The van der Waals surface area contributed by atoms with Crippen molar-refractivity contribution in [2.75, 3.05) is 22.9 Å². The maximum absolute atomic E-state index is 13.3. The average Bonchev–Trinajstić information content (AvgIpc) is 3.45. The Labute approximate surface area is 198 Å². The number of carbonyl (C=O) groups excluding carboxylic acids is 1. The van der Waals surface area contributed by atoms with Gasteiger partial charge in [0.05, 0.1) is 6.54 Å². The average molecular weight is 461 g/mol. The van der Waals surface area contributed by atoms with Crippen LogP contribution in [0, 0.1) is 5.92 Å². The molecule has 9 heteroatoms. The first-order valence-corrected chi connectivity index (χ1v) is 11.7. The van der Waals surface area contributed by atoms with Crippen LogP contribution in [0.2, 0.25) is 0 Å². The second-order valence-corrected chi connectivity index (χ2v) is 9.30. The lowest BCUT2D eigenvalue weighted by Gasteiger charge is -2.33. The number of amides is 1. The van der Waals surface area contributed by atoms with Gasteiger partial charge in [-0.05, 0) is 62.4 Å². The Kier molecular flexibility index (Phi) is 5.77. The smallest absolute Gasteiger partial charge is 0.303 e. The summed E-state index contributed by atoms with van der Waals surface area (Å²) in [7, 11) is 0. The number of aromatic nitrogens is 4. The van der Waals surface area contributed by atoms with Gasteiger partial charge in [0.15, 0.2) is 5.82 Å². The number of anilines is 2. The van der Waals surface area contributed by atoms with Gasteiger partial charge >= 0.3 is 5.97 Å². The van der Waals surface area contributed by atoms with E-state index in [4.69, 9.17) is 10.1 Å². The van der Waals surface area contributed by atoms with Crippen molar-refractivity contribution >= 4 is 23.4 Å². The minimum absolute atomic E-state index is 0.0624. The van der Waals surface area contributed by atoms with E-state index in [1.54, 1.807) is 11.2 Å². The quantitative estimate of drug-likeness (QED) is 0.597. The molecule has 1 aromatic carbocycles. The first-order chi connectivity index (χ1) is 16.4. The molecule has 1 fully saturated rings. The van der Waals surface area contributed by atoms with E-state index in [-0.39, 0.29) is 24.3 Å². The molecule has 1 amide bonds. The normalized spacial score (nSPS) is 16.4. The molecule has 3 aromatic rings. The van der Waals surface area contributed by atoms with Gasteiger partial charge < -0.3 is 14.6 Å². The third-order valence-corrected chi connectivity index (χ3v) is 6.71. The van der Waals surface area contributed by atoms with Gasteiger partial charge in [0.25, 0.3) is 5.91 Å². The lowest BCUT2D eigenvalue weighted by atomic mass is 9.93. The first-order valence-electron chi connectivity index (χ1n) is 11.7. The molecular formula is C25H28N6O3. The molecule has 9 nitrogen and oxygen atoms in total. The van der Waals surface area contributed by atoms with Crippen LogP contribution in [0.3, 0.4) is 0 Å². The minimum atomic E-state index is -0.733. The minimum Gasteiger partial charge on any atom is -0.481 e. The number of carbonyl (C=O) groups is 2. The number of nitrogens with zero attached hydrogens (tertiary/aromatic N) is 6. The van der Waals surface area contributed by atoms with E-state index in [2.05, 4.69) is 35.0 Å². The van der Waals surface area contributed by atoms with Gasteiger partial charge in [-0.25, -0.2) is 4.98 Å².